The minimum atomic E-state index is 0.235. The van der Waals surface area contributed by atoms with Gasteiger partial charge in [0.1, 0.15) is 0 Å². The first-order valence-corrected chi connectivity index (χ1v) is 9.63. The summed E-state index contributed by atoms with van der Waals surface area (Å²) in [6.45, 7) is 0.892. The van der Waals surface area contributed by atoms with E-state index in [-0.39, 0.29) is 5.91 Å². The number of rotatable bonds is 4. The van der Waals surface area contributed by atoms with Crippen molar-refractivity contribution >= 4 is 45.5 Å². The normalized spacial score (nSPS) is 18.1. The van der Waals surface area contributed by atoms with Gasteiger partial charge in [-0.1, -0.05) is 59.0 Å². The van der Waals surface area contributed by atoms with Crippen molar-refractivity contribution in [2.24, 2.45) is 0 Å². The molecule has 1 aliphatic rings. The monoisotopic (exact) mass is 420 g/mol. The van der Waals surface area contributed by atoms with Crippen LogP contribution in [0.5, 0.6) is 0 Å². The van der Waals surface area contributed by atoms with Gasteiger partial charge < -0.3 is 10.3 Å². The van der Waals surface area contributed by atoms with Crippen molar-refractivity contribution in [1.82, 2.24) is 4.90 Å². The number of nitrogens with one attached hydrogen (secondary N) is 1. The van der Waals surface area contributed by atoms with Gasteiger partial charge in [-0.2, -0.15) is 0 Å². The maximum absolute atomic E-state index is 12.8. The van der Waals surface area contributed by atoms with Crippen LogP contribution in [-0.4, -0.2) is 34.0 Å². The third-order valence-corrected chi connectivity index (χ3v) is 5.69. The van der Waals surface area contributed by atoms with E-state index in [4.69, 9.17) is 5.41 Å². The summed E-state index contributed by atoms with van der Waals surface area (Å²) >= 11 is 2.39. The number of amides is 1. The first-order chi connectivity index (χ1) is 11.2. The summed E-state index contributed by atoms with van der Waals surface area (Å²) in [4.78, 5) is 14.9. The maximum atomic E-state index is 12.8. The average Bonchev–Trinajstić information content (AvgIpc) is 2.62. The molecule has 0 aromatic heterocycles. The Hall–Kier alpha value is -1.43. The fourth-order valence-corrected chi connectivity index (χ4v) is 4.33. The van der Waals surface area contributed by atoms with Gasteiger partial charge in [0, 0.05) is 23.2 Å². The van der Waals surface area contributed by atoms with Gasteiger partial charge in [0.25, 0.3) is 0 Å². The maximum Gasteiger partial charge on any atom is 0.227 e. The zero-order valence-electron chi connectivity index (χ0n) is 13.1. The van der Waals surface area contributed by atoms with E-state index in [0.717, 1.165) is 45.7 Å². The number of alkyl halides is 1. The summed E-state index contributed by atoms with van der Waals surface area (Å²) < 4.78 is 1.01. The van der Waals surface area contributed by atoms with Gasteiger partial charge in [-0.3, -0.25) is 4.79 Å². The van der Waals surface area contributed by atoms with Gasteiger partial charge in [-0.05, 0) is 41.2 Å². The zero-order chi connectivity index (χ0) is 16.2. The molecular weight excluding hydrogens is 399 g/mol. The van der Waals surface area contributed by atoms with Gasteiger partial charge in [-0.25, -0.2) is 0 Å². The summed E-state index contributed by atoms with van der Waals surface area (Å²) in [6.07, 6.45) is 5.31. The summed E-state index contributed by atoms with van der Waals surface area (Å²) in [5, 5.41) is 9.69. The van der Waals surface area contributed by atoms with Gasteiger partial charge in [0.2, 0.25) is 5.91 Å². The predicted octanol–water partition coefficient (Wildman–Crippen LogP) is 4.20. The predicted molar refractivity (Wildman–Crippen MR) is 104 cm³/mol. The lowest BCUT2D eigenvalue weighted by atomic mass is 9.96. The molecule has 1 atom stereocenters. The number of hydrogen-bond acceptors (Lipinski definition) is 2. The van der Waals surface area contributed by atoms with Crippen LogP contribution in [0.15, 0.2) is 36.4 Å². The molecule has 1 aliphatic heterocycles. The SMILES string of the molecule is N=Cc1ccc(CC(=O)N2CCCCC2CI)c2ccccc12. The van der Waals surface area contributed by atoms with Crippen molar-refractivity contribution in [3.8, 4) is 0 Å². The minimum Gasteiger partial charge on any atom is -0.339 e. The van der Waals surface area contributed by atoms with Crippen molar-refractivity contribution in [3.63, 3.8) is 0 Å². The molecule has 1 fully saturated rings. The second-order valence-corrected chi connectivity index (χ2v) is 6.95. The van der Waals surface area contributed by atoms with Crippen LogP contribution in [0.25, 0.3) is 10.8 Å². The number of halogens is 1. The van der Waals surface area contributed by atoms with E-state index in [9.17, 15) is 4.79 Å². The molecule has 0 radical (unpaired) electrons. The van der Waals surface area contributed by atoms with Crippen molar-refractivity contribution < 1.29 is 4.79 Å². The van der Waals surface area contributed by atoms with E-state index < -0.39 is 0 Å². The summed E-state index contributed by atoms with van der Waals surface area (Å²) in [5.41, 5.74) is 1.97. The Morgan fingerprint density at radius 1 is 1.22 bits per heavy atom. The van der Waals surface area contributed by atoms with Crippen LogP contribution in [0.1, 0.15) is 30.4 Å². The molecule has 23 heavy (non-hydrogen) atoms. The molecule has 1 heterocycles. The number of fused-ring (bicyclic) bond motifs is 1. The van der Waals surface area contributed by atoms with E-state index in [2.05, 4.69) is 33.6 Å². The molecule has 3 rings (SSSR count). The Balaban J connectivity index is 1.89. The molecule has 0 saturated carbocycles. The molecule has 0 spiro atoms. The Kier molecular flexibility index (Phi) is 5.30. The van der Waals surface area contributed by atoms with Gasteiger partial charge >= 0.3 is 0 Å². The number of piperidine rings is 1. The van der Waals surface area contributed by atoms with Crippen LogP contribution in [0.3, 0.4) is 0 Å². The quantitative estimate of drug-likeness (QED) is 0.450. The third kappa shape index (κ3) is 3.42. The molecule has 3 nitrogen and oxygen atoms in total. The number of hydrogen-bond donors (Lipinski definition) is 1. The van der Waals surface area contributed by atoms with Crippen LogP contribution >= 0.6 is 22.6 Å². The summed E-state index contributed by atoms with van der Waals surface area (Å²) in [5.74, 6) is 0.235. The molecular formula is C19H21IN2O. The minimum absolute atomic E-state index is 0.235. The van der Waals surface area contributed by atoms with Crippen molar-refractivity contribution in [2.75, 3.05) is 11.0 Å². The Labute approximate surface area is 150 Å². The molecule has 4 heteroatoms. The molecule has 2 aromatic carbocycles. The van der Waals surface area contributed by atoms with Crippen molar-refractivity contribution in [3.05, 3.63) is 47.5 Å². The molecule has 1 N–H and O–H groups in total. The molecule has 2 aromatic rings. The Morgan fingerprint density at radius 3 is 2.74 bits per heavy atom. The van der Waals surface area contributed by atoms with Crippen LogP contribution < -0.4 is 0 Å². The van der Waals surface area contributed by atoms with Crippen LogP contribution in [0.4, 0.5) is 0 Å². The molecule has 1 amide bonds. The number of carbonyl (C=O) groups excluding carboxylic acids is 1. The molecule has 0 aliphatic carbocycles. The van der Waals surface area contributed by atoms with Gasteiger partial charge in [0.05, 0.1) is 6.42 Å². The van der Waals surface area contributed by atoms with Crippen molar-refractivity contribution in [1.29, 1.82) is 5.41 Å². The zero-order valence-corrected chi connectivity index (χ0v) is 15.3. The lowest BCUT2D eigenvalue weighted by Crippen LogP contribution is -2.45. The Bertz CT molecular complexity index is 728. The summed E-state index contributed by atoms with van der Waals surface area (Å²) in [6, 6.07) is 12.4. The van der Waals surface area contributed by atoms with Gasteiger partial charge in [0.15, 0.2) is 0 Å². The Morgan fingerprint density at radius 2 is 2.00 bits per heavy atom. The molecule has 1 saturated heterocycles. The summed E-state index contributed by atoms with van der Waals surface area (Å²) in [7, 11) is 0. The van der Waals surface area contributed by atoms with E-state index in [1.807, 2.05) is 30.3 Å². The van der Waals surface area contributed by atoms with Crippen molar-refractivity contribution in [2.45, 2.75) is 31.7 Å². The van der Waals surface area contributed by atoms with Crippen LogP contribution in [0, 0.1) is 5.41 Å². The van der Waals surface area contributed by atoms with E-state index >= 15 is 0 Å². The first-order valence-electron chi connectivity index (χ1n) is 8.11. The smallest absolute Gasteiger partial charge is 0.227 e. The number of nitrogens with zero attached hydrogens (tertiary/aromatic N) is 1. The van der Waals surface area contributed by atoms with E-state index in [0.29, 0.717) is 12.5 Å². The van der Waals surface area contributed by atoms with Crippen LogP contribution in [0.2, 0.25) is 0 Å². The standard InChI is InChI=1S/C19H21IN2O/c20-12-16-5-3-4-10-22(16)19(23)11-14-8-9-15(13-21)18-7-2-1-6-17(14)18/h1-2,6-9,13,16,21H,3-5,10-12H2. The number of carbonyl (C=O) groups is 1. The fourth-order valence-electron chi connectivity index (χ4n) is 3.42. The van der Waals surface area contributed by atoms with Crippen LogP contribution in [-0.2, 0) is 11.2 Å². The average molecular weight is 420 g/mol. The highest BCUT2D eigenvalue weighted by molar-refractivity contribution is 14.1. The lowest BCUT2D eigenvalue weighted by molar-refractivity contribution is -0.133. The number of benzene rings is 2. The number of likely N-dealkylation sites (tertiary alicyclic amines) is 1. The lowest BCUT2D eigenvalue weighted by Gasteiger charge is -2.35. The second-order valence-electron chi connectivity index (χ2n) is 6.07. The highest BCUT2D eigenvalue weighted by Crippen LogP contribution is 2.25. The highest BCUT2D eigenvalue weighted by Gasteiger charge is 2.26. The fraction of sp³-hybridized carbons (Fsp3) is 0.368. The highest BCUT2D eigenvalue weighted by atomic mass is 127. The largest absolute Gasteiger partial charge is 0.339 e. The second kappa shape index (κ2) is 7.43. The topological polar surface area (TPSA) is 44.2 Å². The van der Waals surface area contributed by atoms with Gasteiger partial charge in [-0.15, -0.1) is 0 Å². The molecule has 0 bridgehead atoms. The van der Waals surface area contributed by atoms with E-state index in [1.165, 1.54) is 12.6 Å². The van der Waals surface area contributed by atoms with E-state index in [1.54, 1.807) is 0 Å². The molecule has 120 valence electrons. The third-order valence-electron chi connectivity index (χ3n) is 4.67. The molecule has 1 unspecified atom stereocenters. The first kappa shape index (κ1) is 16.4.